The van der Waals surface area contributed by atoms with E-state index in [9.17, 15) is 14.5 Å². The van der Waals surface area contributed by atoms with Crippen LogP contribution in [0.2, 0.25) is 0 Å². The lowest BCUT2D eigenvalue weighted by molar-refractivity contribution is -0.386. The third kappa shape index (κ3) is 3.55. The Labute approximate surface area is 127 Å². The van der Waals surface area contributed by atoms with Crippen LogP contribution in [0, 0.1) is 27.3 Å². The SMILES string of the molecule is N#Cc1cc(COc2ccc(Br)cc2[N+](=O)[O-])ccc1F. The second kappa shape index (κ2) is 6.33. The van der Waals surface area contributed by atoms with Gasteiger partial charge in [-0.15, -0.1) is 0 Å². The summed E-state index contributed by atoms with van der Waals surface area (Å²) in [5, 5.41) is 19.7. The van der Waals surface area contributed by atoms with E-state index < -0.39 is 10.7 Å². The topological polar surface area (TPSA) is 76.2 Å². The first-order valence-electron chi connectivity index (χ1n) is 5.76. The molecule has 0 saturated carbocycles. The van der Waals surface area contributed by atoms with Crippen molar-refractivity contribution in [1.82, 2.24) is 0 Å². The first-order valence-corrected chi connectivity index (χ1v) is 6.56. The number of hydrogen-bond donors (Lipinski definition) is 0. The molecule has 106 valence electrons. The lowest BCUT2D eigenvalue weighted by Gasteiger charge is -2.07. The van der Waals surface area contributed by atoms with Crippen LogP contribution in [0.4, 0.5) is 10.1 Å². The second-order valence-electron chi connectivity index (χ2n) is 4.08. The lowest BCUT2D eigenvalue weighted by Crippen LogP contribution is -2.00. The van der Waals surface area contributed by atoms with Gasteiger partial charge in [-0.25, -0.2) is 4.39 Å². The van der Waals surface area contributed by atoms with Crippen molar-refractivity contribution >= 4 is 21.6 Å². The molecule has 0 radical (unpaired) electrons. The van der Waals surface area contributed by atoms with Crippen molar-refractivity contribution in [1.29, 1.82) is 5.26 Å². The number of nitro groups is 1. The van der Waals surface area contributed by atoms with Crippen LogP contribution in [-0.2, 0) is 6.61 Å². The third-order valence-corrected chi connectivity index (χ3v) is 3.16. The van der Waals surface area contributed by atoms with Crippen LogP contribution in [0.25, 0.3) is 0 Å². The molecule has 0 fully saturated rings. The lowest BCUT2D eigenvalue weighted by atomic mass is 10.1. The van der Waals surface area contributed by atoms with Gasteiger partial charge in [0.1, 0.15) is 18.5 Å². The van der Waals surface area contributed by atoms with E-state index in [1.54, 1.807) is 12.1 Å². The molecule has 2 rings (SSSR count). The van der Waals surface area contributed by atoms with E-state index in [0.717, 1.165) is 6.07 Å². The summed E-state index contributed by atoms with van der Waals surface area (Å²) in [5.41, 5.74) is 0.276. The van der Waals surface area contributed by atoms with Gasteiger partial charge in [-0.05, 0) is 29.8 Å². The highest BCUT2D eigenvalue weighted by atomic mass is 79.9. The molecule has 0 aromatic heterocycles. The summed E-state index contributed by atoms with van der Waals surface area (Å²) in [5.74, 6) is -0.512. The van der Waals surface area contributed by atoms with Gasteiger partial charge in [0.05, 0.1) is 10.5 Å². The molecule has 0 bridgehead atoms. The summed E-state index contributed by atoms with van der Waals surface area (Å²) in [6.07, 6.45) is 0. The third-order valence-electron chi connectivity index (χ3n) is 2.66. The average Bonchev–Trinajstić information content (AvgIpc) is 2.47. The molecule has 2 aromatic carbocycles. The fourth-order valence-corrected chi connectivity index (χ4v) is 2.01. The van der Waals surface area contributed by atoms with Crippen LogP contribution in [0.1, 0.15) is 11.1 Å². The Kier molecular flexibility index (Phi) is 4.50. The van der Waals surface area contributed by atoms with E-state index in [1.807, 2.05) is 0 Å². The Balaban J connectivity index is 2.21. The van der Waals surface area contributed by atoms with Crippen LogP contribution in [0.15, 0.2) is 40.9 Å². The van der Waals surface area contributed by atoms with Gasteiger partial charge < -0.3 is 4.74 Å². The fraction of sp³-hybridized carbons (Fsp3) is 0.0714. The predicted octanol–water partition coefficient (Wildman–Crippen LogP) is 3.95. The Morgan fingerprint density at radius 2 is 2.10 bits per heavy atom. The van der Waals surface area contributed by atoms with Crippen molar-refractivity contribution in [2.24, 2.45) is 0 Å². The average molecular weight is 351 g/mol. The largest absolute Gasteiger partial charge is 0.482 e. The molecule has 0 aliphatic carbocycles. The predicted molar refractivity (Wildman–Crippen MR) is 76.2 cm³/mol. The summed E-state index contributed by atoms with van der Waals surface area (Å²) in [4.78, 5) is 10.4. The van der Waals surface area contributed by atoms with Gasteiger partial charge in [0.15, 0.2) is 5.75 Å². The van der Waals surface area contributed by atoms with Crippen LogP contribution in [0.3, 0.4) is 0 Å². The van der Waals surface area contributed by atoms with Gasteiger partial charge in [-0.1, -0.05) is 22.0 Å². The molecule has 2 aromatic rings. The maximum Gasteiger partial charge on any atom is 0.312 e. The number of ether oxygens (including phenoxy) is 1. The molecule has 0 aliphatic heterocycles. The summed E-state index contributed by atoms with van der Waals surface area (Å²) in [6.45, 7) is -0.00255. The maximum absolute atomic E-state index is 13.2. The van der Waals surface area contributed by atoms with E-state index in [-0.39, 0.29) is 23.6 Å². The molecular weight excluding hydrogens is 343 g/mol. The molecule has 0 amide bonds. The minimum absolute atomic E-state index is 0.00255. The van der Waals surface area contributed by atoms with E-state index in [4.69, 9.17) is 10.00 Å². The Hall–Kier alpha value is -2.46. The van der Waals surface area contributed by atoms with Crippen molar-refractivity contribution in [3.63, 3.8) is 0 Å². The standard InChI is InChI=1S/C14H8BrFN2O3/c15-11-2-4-14(13(6-11)18(19)20)21-8-9-1-3-12(16)10(5-9)7-17/h1-6H,8H2. The van der Waals surface area contributed by atoms with Gasteiger partial charge in [-0.2, -0.15) is 5.26 Å². The molecular formula is C14H8BrFN2O3. The quantitative estimate of drug-likeness (QED) is 0.617. The number of rotatable bonds is 4. The van der Waals surface area contributed by atoms with Crippen LogP contribution < -0.4 is 4.74 Å². The molecule has 7 heteroatoms. The normalized spacial score (nSPS) is 9.95. The van der Waals surface area contributed by atoms with E-state index in [2.05, 4.69) is 15.9 Å². The van der Waals surface area contributed by atoms with Gasteiger partial charge in [0, 0.05) is 10.5 Å². The van der Waals surface area contributed by atoms with Crippen molar-refractivity contribution in [2.75, 3.05) is 0 Å². The zero-order chi connectivity index (χ0) is 15.4. The number of nitrogens with zero attached hydrogens (tertiary/aromatic N) is 2. The van der Waals surface area contributed by atoms with Crippen LogP contribution >= 0.6 is 15.9 Å². The Bertz CT molecular complexity index is 743. The first-order chi connectivity index (χ1) is 10.0. The highest BCUT2D eigenvalue weighted by Gasteiger charge is 2.15. The zero-order valence-corrected chi connectivity index (χ0v) is 12.1. The van der Waals surface area contributed by atoms with Gasteiger partial charge in [0.25, 0.3) is 0 Å². The van der Waals surface area contributed by atoms with Crippen molar-refractivity contribution in [3.8, 4) is 11.8 Å². The van der Waals surface area contributed by atoms with Gasteiger partial charge in [0.2, 0.25) is 0 Å². The fourth-order valence-electron chi connectivity index (χ4n) is 1.66. The summed E-state index contributed by atoms with van der Waals surface area (Å²) in [7, 11) is 0. The van der Waals surface area contributed by atoms with Gasteiger partial charge >= 0.3 is 5.69 Å². The minimum atomic E-state index is -0.615. The molecule has 0 unspecified atom stereocenters. The maximum atomic E-state index is 13.2. The summed E-state index contributed by atoms with van der Waals surface area (Å²) >= 11 is 3.15. The van der Waals surface area contributed by atoms with Crippen LogP contribution in [-0.4, -0.2) is 4.92 Å². The van der Waals surface area contributed by atoms with Crippen LogP contribution in [0.5, 0.6) is 5.75 Å². The van der Waals surface area contributed by atoms with E-state index in [0.29, 0.717) is 10.0 Å². The Morgan fingerprint density at radius 3 is 2.76 bits per heavy atom. The molecule has 0 atom stereocenters. The van der Waals surface area contributed by atoms with Gasteiger partial charge in [-0.3, -0.25) is 10.1 Å². The summed E-state index contributed by atoms with van der Waals surface area (Å²) < 4.78 is 19.1. The molecule has 5 nitrogen and oxygen atoms in total. The zero-order valence-electron chi connectivity index (χ0n) is 10.5. The number of hydrogen-bond acceptors (Lipinski definition) is 4. The van der Waals surface area contributed by atoms with Crippen molar-refractivity contribution in [3.05, 3.63) is 67.9 Å². The molecule has 0 aliphatic rings. The highest BCUT2D eigenvalue weighted by molar-refractivity contribution is 9.10. The van der Waals surface area contributed by atoms with E-state index in [1.165, 1.54) is 24.3 Å². The number of nitro benzene ring substituents is 1. The monoisotopic (exact) mass is 350 g/mol. The molecule has 0 N–H and O–H groups in total. The number of halogens is 2. The second-order valence-corrected chi connectivity index (χ2v) is 5.00. The molecule has 0 heterocycles. The van der Waals surface area contributed by atoms with E-state index >= 15 is 0 Å². The van der Waals surface area contributed by atoms with Crippen molar-refractivity contribution in [2.45, 2.75) is 6.61 Å². The highest BCUT2D eigenvalue weighted by Crippen LogP contribution is 2.30. The minimum Gasteiger partial charge on any atom is -0.482 e. The molecule has 0 saturated heterocycles. The van der Waals surface area contributed by atoms with Crippen molar-refractivity contribution < 1.29 is 14.1 Å². The smallest absolute Gasteiger partial charge is 0.312 e. The molecule has 0 spiro atoms. The Morgan fingerprint density at radius 1 is 1.33 bits per heavy atom. The summed E-state index contributed by atoms with van der Waals surface area (Å²) in [6, 6.07) is 10.1. The number of nitriles is 1. The molecule has 21 heavy (non-hydrogen) atoms. The number of benzene rings is 2. The first kappa shape index (κ1) is 14.9.